The van der Waals surface area contributed by atoms with E-state index in [0.29, 0.717) is 0 Å². The molecule has 1 atom stereocenters. The van der Waals surface area contributed by atoms with E-state index in [1.54, 1.807) is 7.11 Å². The van der Waals surface area contributed by atoms with E-state index in [2.05, 4.69) is 40.0 Å². The Balaban J connectivity index is 1.57. The SMILES string of the molecule is COc1ccc2c3c(n(C)c2c1)[C@@H](CO)NCC31CCN(CC2CC2)CC1. The van der Waals surface area contributed by atoms with Gasteiger partial charge in [0.25, 0.3) is 0 Å². The smallest absolute Gasteiger partial charge is 0.120 e. The molecule has 0 bridgehead atoms. The summed E-state index contributed by atoms with van der Waals surface area (Å²) in [6.07, 6.45) is 5.25. The largest absolute Gasteiger partial charge is 0.497 e. The van der Waals surface area contributed by atoms with Gasteiger partial charge in [-0.2, -0.15) is 0 Å². The van der Waals surface area contributed by atoms with Crippen LogP contribution in [0.25, 0.3) is 10.9 Å². The summed E-state index contributed by atoms with van der Waals surface area (Å²) in [6.45, 7) is 4.77. The number of ether oxygens (including phenoxy) is 1. The fraction of sp³-hybridized carbons (Fsp3) is 0.636. The van der Waals surface area contributed by atoms with Gasteiger partial charge in [-0.25, -0.2) is 0 Å². The molecule has 3 aliphatic rings. The average molecular weight is 370 g/mol. The number of nitrogens with zero attached hydrogens (tertiary/aromatic N) is 2. The summed E-state index contributed by atoms with van der Waals surface area (Å²) in [5.74, 6) is 1.85. The van der Waals surface area contributed by atoms with Crippen LogP contribution in [0.2, 0.25) is 0 Å². The normalized spacial score (nSPS) is 25.1. The maximum atomic E-state index is 10.0. The molecule has 1 saturated heterocycles. The minimum absolute atomic E-state index is 0.0125. The molecular weight excluding hydrogens is 338 g/mol. The number of aromatic nitrogens is 1. The van der Waals surface area contributed by atoms with Gasteiger partial charge in [0.2, 0.25) is 0 Å². The van der Waals surface area contributed by atoms with Crippen molar-refractivity contribution in [2.75, 3.05) is 39.9 Å². The van der Waals surface area contributed by atoms with Gasteiger partial charge < -0.3 is 24.6 Å². The Hall–Kier alpha value is -1.56. The molecule has 5 rings (SSSR count). The van der Waals surface area contributed by atoms with Crippen LogP contribution >= 0.6 is 0 Å². The molecule has 5 nitrogen and oxygen atoms in total. The molecule has 1 aliphatic carbocycles. The minimum atomic E-state index is 0.0125. The van der Waals surface area contributed by atoms with Crippen LogP contribution in [0.4, 0.5) is 0 Å². The third kappa shape index (κ3) is 2.79. The van der Waals surface area contributed by atoms with Crippen molar-refractivity contribution in [2.45, 2.75) is 37.1 Å². The second kappa shape index (κ2) is 6.50. The van der Waals surface area contributed by atoms with Gasteiger partial charge in [-0.3, -0.25) is 0 Å². The van der Waals surface area contributed by atoms with Crippen LogP contribution in [0, 0.1) is 5.92 Å². The lowest BCUT2D eigenvalue weighted by Crippen LogP contribution is -2.52. The minimum Gasteiger partial charge on any atom is -0.497 e. The van der Waals surface area contributed by atoms with E-state index in [-0.39, 0.29) is 18.1 Å². The van der Waals surface area contributed by atoms with Gasteiger partial charge in [0, 0.05) is 42.7 Å². The average Bonchev–Trinajstić information content (AvgIpc) is 3.47. The van der Waals surface area contributed by atoms with E-state index < -0.39 is 0 Å². The van der Waals surface area contributed by atoms with Crippen LogP contribution in [-0.2, 0) is 12.5 Å². The third-order valence-electron chi connectivity index (χ3n) is 7.21. The van der Waals surface area contributed by atoms with E-state index >= 15 is 0 Å². The molecule has 0 amide bonds. The van der Waals surface area contributed by atoms with E-state index in [9.17, 15) is 5.11 Å². The van der Waals surface area contributed by atoms with E-state index in [4.69, 9.17) is 4.74 Å². The first-order valence-electron chi connectivity index (χ1n) is 10.4. The predicted octanol–water partition coefficient (Wildman–Crippen LogP) is 2.57. The number of nitrogens with one attached hydrogen (secondary N) is 1. The van der Waals surface area contributed by atoms with Crippen molar-refractivity contribution in [3.8, 4) is 5.75 Å². The highest BCUT2D eigenvalue weighted by Gasteiger charge is 2.45. The Morgan fingerprint density at radius 1 is 1.26 bits per heavy atom. The summed E-state index contributed by atoms with van der Waals surface area (Å²) < 4.78 is 7.75. The maximum absolute atomic E-state index is 10.0. The number of aliphatic hydroxyl groups is 1. The zero-order valence-corrected chi connectivity index (χ0v) is 16.5. The number of aryl methyl sites for hydroxylation is 1. The second-order valence-electron chi connectivity index (χ2n) is 8.84. The van der Waals surface area contributed by atoms with Gasteiger partial charge in [0.1, 0.15) is 5.75 Å². The molecular formula is C22H31N3O2. The Morgan fingerprint density at radius 2 is 2.04 bits per heavy atom. The summed E-state index contributed by atoms with van der Waals surface area (Å²) in [5, 5.41) is 15.0. The Kier molecular flexibility index (Phi) is 4.22. The molecule has 0 unspecified atom stereocenters. The van der Waals surface area contributed by atoms with E-state index in [1.807, 2.05) is 0 Å². The maximum Gasteiger partial charge on any atom is 0.120 e. The molecule has 1 aromatic carbocycles. The van der Waals surface area contributed by atoms with Crippen molar-refractivity contribution in [3.63, 3.8) is 0 Å². The van der Waals surface area contributed by atoms with Gasteiger partial charge in [0.05, 0.1) is 25.3 Å². The first kappa shape index (κ1) is 17.5. The molecule has 0 radical (unpaired) electrons. The Bertz CT molecular complexity index is 847. The first-order chi connectivity index (χ1) is 13.1. The number of rotatable bonds is 4. The molecule has 1 spiro atoms. The lowest BCUT2D eigenvalue weighted by Gasteiger charge is -2.46. The molecule has 2 aromatic rings. The molecule has 2 N–H and O–H groups in total. The van der Waals surface area contributed by atoms with Gasteiger partial charge in [0.15, 0.2) is 0 Å². The highest BCUT2D eigenvalue weighted by Crippen LogP contribution is 2.47. The third-order valence-corrected chi connectivity index (χ3v) is 7.21. The van der Waals surface area contributed by atoms with Crippen molar-refractivity contribution >= 4 is 10.9 Å². The van der Waals surface area contributed by atoms with Gasteiger partial charge in [-0.1, -0.05) is 0 Å². The fourth-order valence-corrected chi connectivity index (χ4v) is 5.44. The highest BCUT2D eigenvalue weighted by atomic mass is 16.5. The molecule has 2 aliphatic heterocycles. The van der Waals surface area contributed by atoms with Crippen molar-refractivity contribution in [1.29, 1.82) is 0 Å². The van der Waals surface area contributed by atoms with Gasteiger partial charge in [-0.15, -0.1) is 0 Å². The molecule has 3 heterocycles. The van der Waals surface area contributed by atoms with Crippen LogP contribution < -0.4 is 10.1 Å². The molecule has 1 aromatic heterocycles. The highest BCUT2D eigenvalue weighted by molar-refractivity contribution is 5.88. The number of methoxy groups -OCH3 is 1. The number of hydrogen-bond acceptors (Lipinski definition) is 4. The molecule has 2 fully saturated rings. The quantitative estimate of drug-likeness (QED) is 0.870. The van der Waals surface area contributed by atoms with Crippen molar-refractivity contribution in [3.05, 3.63) is 29.5 Å². The molecule has 5 heteroatoms. The summed E-state index contributed by atoms with van der Waals surface area (Å²) in [7, 11) is 3.85. The number of piperidine rings is 1. The lowest BCUT2D eigenvalue weighted by molar-refractivity contribution is 0.132. The first-order valence-corrected chi connectivity index (χ1v) is 10.4. The summed E-state index contributed by atoms with van der Waals surface area (Å²) >= 11 is 0. The van der Waals surface area contributed by atoms with Gasteiger partial charge >= 0.3 is 0 Å². The second-order valence-corrected chi connectivity index (χ2v) is 8.84. The number of benzene rings is 1. The zero-order valence-electron chi connectivity index (χ0n) is 16.5. The Morgan fingerprint density at radius 3 is 2.70 bits per heavy atom. The predicted molar refractivity (Wildman–Crippen MR) is 107 cm³/mol. The standard InChI is InChI=1S/C22H31N3O2/c1-24-19-11-16(27-2)5-6-17(19)20-21(24)18(13-26)23-14-22(20)7-9-25(10-8-22)12-15-3-4-15/h5-6,11,15,18,23,26H,3-4,7-10,12-14H2,1-2H3/t18-/m1/s1. The van der Waals surface area contributed by atoms with Crippen LogP contribution in [0.5, 0.6) is 5.75 Å². The number of likely N-dealkylation sites (tertiary alicyclic amines) is 1. The number of hydrogen-bond donors (Lipinski definition) is 2. The molecule has 1 saturated carbocycles. The molecule has 27 heavy (non-hydrogen) atoms. The summed E-state index contributed by atoms with van der Waals surface area (Å²) in [4.78, 5) is 2.68. The van der Waals surface area contributed by atoms with Crippen molar-refractivity contribution in [1.82, 2.24) is 14.8 Å². The van der Waals surface area contributed by atoms with E-state index in [1.165, 1.54) is 67.5 Å². The van der Waals surface area contributed by atoms with E-state index in [0.717, 1.165) is 18.2 Å². The molecule has 146 valence electrons. The lowest BCUT2D eigenvalue weighted by atomic mass is 9.69. The monoisotopic (exact) mass is 369 g/mol. The number of fused-ring (bicyclic) bond motifs is 4. The summed E-state index contributed by atoms with van der Waals surface area (Å²) in [5.41, 5.74) is 4.13. The topological polar surface area (TPSA) is 49.7 Å². The fourth-order valence-electron chi connectivity index (χ4n) is 5.44. The Labute approximate surface area is 161 Å². The van der Waals surface area contributed by atoms with Crippen molar-refractivity contribution < 1.29 is 9.84 Å². The van der Waals surface area contributed by atoms with Crippen LogP contribution in [0.15, 0.2) is 18.2 Å². The summed E-state index contributed by atoms with van der Waals surface area (Å²) in [6, 6.07) is 6.45. The zero-order chi connectivity index (χ0) is 18.6. The van der Waals surface area contributed by atoms with Gasteiger partial charge in [-0.05, 0) is 62.4 Å². The van der Waals surface area contributed by atoms with Crippen LogP contribution in [0.1, 0.15) is 43.0 Å². The van der Waals surface area contributed by atoms with Crippen LogP contribution in [0.3, 0.4) is 0 Å². The van der Waals surface area contributed by atoms with Crippen molar-refractivity contribution in [2.24, 2.45) is 13.0 Å². The number of aliphatic hydroxyl groups excluding tert-OH is 1. The van der Waals surface area contributed by atoms with Crippen LogP contribution in [-0.4, -0.2) is 54.5 Å².